The summed E-state index contributed by atoms with van der Waals surface area (Å²) >= 11 is 0. The number of hydrogen-bond acceptors (Lipinski definition) is 1. The van der Waals surface area contributed by atoms with Crippen molar-refractivity contribution in [3.8, 4) is 0 Å². The average molecular weight is 393 g/mol. The predicted octanol–water partition coefficient (Wildman–Crippen LogP) is 7.63. The molecule has 1 N–H and O–H groups in total. The van der Waals surface area contributed by atoms with E-state index >= 15 is 0 Å². The zero-order chi connectivity index (χ0) is 21.5. The van der Waals surface area contributed by atoms with Crippen LogP contribution in [-0.2, 0) is 12.8 Å². The first-order chi connectivity index (χ1) is 14.2. The molecule has 0 fully saturated rings. The van der Waals surface area contributed by atoms with Gasteiger partial charge in [0.15, 0.2) is 0 Å². The molecule has 1 atom stereocenters. The van der Waals surface area contributed by atoms with Gasteiger partial charge >= 0.3 is 0 Å². The maximum atomic E-state index is 9.06. The molecule has 29 heavy (non-hydrogen) atoms. The lowest BCUT2D eigenvalue weighted by atomic mass is 9.83. The van der Waals surface area contributed by atoms with E-state index in [4.69, 9.17) is 5.11 Å². The van der Waals surface area contributed by atoms with Crippen LogP contribution in [0.3, 0.4) is 0 Å². The summed E-state index contributed by atoms with van der Waals surface area (Å²) in [6, 6.07) is 18.1. The van der Waals surface area contributed by atoms with Crippen LogP contribution in [0.25, 0.3) is 0 Å². The van der Waals surface area contributed by atoms with Gasteiger partial charge in [-0.3, -0.25) is 0 Å². The third-order valence-corrected chi connectivity index (χ3v) is 4.92. The van der Waals surface area contributed by atoms with Crippen LogP contribution in [0.1, 0.15) is 82.1 Å². The van der Waals surface area contributed by atoms with Crippen LogP contribution in [0.4, 0.5) is 0 Å². The van der Waals surface area contributed by atoms with Crippen molar-refractivity contribution in [2.75, 3.05) is 6.61 Å². The van der Waals surface area contributed by atoms with Gasteiger partial charge in [0.2, 0.25) is 0 Å². The normalized spacial score (nSPS) is 12.6. The van der Waals surface area contributed by atoms with Crippen LogP contribution >= 0.6 is 0 Å². The fourth-order valence-electron chi connectivity index (χ4n) is 3.61. The van der Waals surface area contributed by atoms with Crippen LogP contribution in [0.15, 0.2) is 72.3 Å². The van der Waals surface area contributed by atoms with Crippen molar-refractivity contribution in [2.24, 2.45) is 0 Å². The number of aliphatic hydroxyl groups excluding tert-OH is 1. The predicted molar refractivity (Wildman–Crippen MR) is 129 cm³/mol. The summed E-state index contributed by atoms with van der Waals surface area (Å²) in [4.78, 5) is 0. The lowest BCUT2D eigenvalue weighted by Gasteiger charge is -2.21. The fourth-order valence-corrected chi connectivity index (χ4v) is 3.61. The van der Waals surface area contributed by atoms with Crippen LogP contribution < -0.4 is 0 Å². The molecule has 2 aromatic rings. The number of allylic oxidation sites excluding steroid dienone is 4. The molecule has 0 spiro atoms. The topological polar surface area (TPSA) is 20.2 Å². The number of benzene rings is 2. The molecule has 1 unspecified atom stereocenters. The second kappa shape index (κ2) is 14.8. The monoisotopic (exact) mass is 392 g/mol. The Morgan fingerprint density at radius 2 is 1.38 bits per heavy atom. The van der Waals surface area contributed by atoms with Crippen LogP contribution in [0, 0.1) is 0 Å². The van der Waals surface area contributed by atoms with Gasteiger partial charge in [-0.25, -0.2) is 0 Å². The van der Waals surface area contributed by atoms with Crippen molar-refractivity contribution in [1.82, 2.24) is 0 Å². The zero-order valence-electron chi connectivity index (χ0n) is 19.1. The summed E-state index contributed by atoms with van der Waals surface area (Å²) in [6.45, 7) is 10.8. The van der Waals surface area contributed by atoms with Gasteiger partial charge in [-0.05, 0) is 60.4 Å². The van der Waals surface area contributed by atoms with Gasteiger partial charge in [0.25, 0.3) is 0 Å². The molecule has 0 aromatic heterocycles. The molecular weight excluding hydrogens is 352 g/mol. The van der Waals surface area contributed by atoms with Crippen molar-refractivity contribution in [3.63, 3.8) is 0 Å². The Morgan fingerprint density at radius 3 is 1.79 bits per heavy atom. The Labute approximate surface area is 179 Å². The molecule has 0 aliphatic rings. The summed E-state index contributed by atoms with van der Waals surface area (Å²) in [5.41, 5.74) is 6.72. The van der Waals surface area contributed by atoms with Gasteiger partial charge < -0.3 is 5.11 Å². The standard InChI is InChI=1S/C26H34O.C2H6/c1-4-8-21-12-16-24(17-13-21)26(23(9-5-2)10-6-3)25-18-14-22(15-19-25)11-7-20-27;1-2/h5,9-10,12-19,26-27H,4,6-8,11,20H2,1-3H3;1-2H3/b9-5-,23-10+;. The molecular formula is C28H40O. The van der Waals surface area contributed by atoms with E-state index < -0.39 is 0 Å². The highest BCUT2D eigenvalue weighted by atomic mass is 16.2. The maximum absolute atomic E-state index is 9.06. The molecule has 0 heterocycles. The van der Waals surface area contributed by atoms with Gasteiger partial charge in [-0.15, -0.1) is 0 Å². The van der Waals surface area contributed by atoms with Crippen LogP contribution in [-0.4, -0.2) is 11.7 Å². The molecule has 158 valence electrons. The van der Waals surface area contributed by atoms with Crippen molar-refractivity contribution in [3.05, 3.63) is 94.6 Å². The molecule has 2 rings (SSSR count). The first kappa shape index (κ1) is 24.9. The lowest BCUT2D eigenvalue weighted by molar-refractivity contribution is 0.288. The second-order valence-corrected chi connectivity index (χ2v) is 7.11. The van der Waals surface area contributed by atoms with E-state index in [0.717, 1.165) is 25.7 Å². The lowest BCUT2D eigenvalue weighted by Crippen LogP contribution is -2.05. The highest BCUT2D eigenvalue weighted by Gasteiger charge is 2.17. The Hall–Kier alpha value is -2.12. The van der Waals surface area contributed by atoms with E-state index in [9.17, 15) is 0 Å². The minimum atomic E-state index is 0.249. The van der Waals surface area contributed by atoms with E-state index in [-0.39, 0.29) is 12.5 Å². The average Bonchev–Trinajstić information content (AvgIpc) is 2.76. The summed E-state index contributed by atoms with van der Waals surface area (Å²) in [7, 11) is 0. The van der Waals surface area contributed by atoms with Crippen LogP contribution in [0.2, 0.25) is 0 Å². The highest BCUT2D eigenvalue weighted by molar-refractivity contribution is 5.46. The minimum absolute atomic E-state index is 0.249. The summed E-state index contributed by atoms with van der Waals surface area (Å²) in [5.74, 6) is 0.253. The SMILES string of the molecule is C/C=C\C(=C/CC)C(c1ccc(CCC)cc1)c1ccc(CCCO)cc1.CC. The number of rotatable bonds is 10. The molecule has 0 radical (unpaired) electrons. The molecule has 1 heteroatoms. The molecule has 2 aromatic carbocycles. The molecule has 0 aliphatic carbocycles. The Balaban J connectivity index is 0.00000204. The summed E-state index contributed by atoms with van der Waals surface area (Å²) < 4.78 is 0. The maximum Gasteiger partial charge on any atom is 0.0434 e. The van der Waals surface area contributed by atoms with Gasteiger partial charge in [0.1, 0.15) is 0 Å². The van der Waals surface area contributed by atoms with Gasteiger partial charge in [-0.2, -0.15) is 0 Å². The molecule has 0 bridgehead atoms. The molecule has 0 aliphatic heterocycles. The first-order valence-corrected chi connectivity index (χ1v) is 11.3. The third-order valence-electron chi connectivity index (χ3n) is 4.92. The molecule has 0 saturated carbocycles. The zero-order valence-corrected chi connectivity index (χ0v) is 19.1. The molecule has 0 saturated heterocycles. The van der Waals surface area contributed by atoms with Crippen molar-refractivity contribution in [2.45, 2.75) is 72.6 Å². The number of hydrogen-bond donors (Lipinski definition) is 1. The Bertz CT molecular complexity index is 720. The second-order valence-electron chi connectivity index (χ2n) is 7.11. The first-order valence-electron chi connectivity index (χ1n) is 11.3. The van der Waals surface area contributed by atoms with Crippen molar-refractivity contribution < 1.29 is 5.11 Å². The van der Waals surface area contributed by atoms with E-state index in [0.29, 0.717) is 0 Å². The summed E-state index contributed by atoms with van der Waals surface area (Å²) in [6.07, 6.45) is 11.8. The third kappa shape index (κ3) is 8.03. The minimum Gasteiger partial charge on any atom is -0.396 e. The van der Waals surface area contributed by atoms with Gasteiger partial charge in [-0.1, -0.05) is 101 Å². The highest BCUT2D eigenvalue weighted by Crippen LogP contribution is 2.33. The van der Waals surface area contributed by atoms with E-state index in [2.05, 4.69) is 87.5 Å². The van der Waals surface area contributed by atoms with Crippen molar-refractivity contribution in [1.29, 1.82) is 0 Å². The Morgan fingerprint density at radius 1 is 0.862 bits per heavy atom. The molecule has 1 nitrogen and oxygen atoms in total. The smallest absolute Gasteiger partial charge is 0.0434 e. The fraction of sp³-hybridized carbons (Fsp3) is 0.429. The Kier molecular flexibility index (Phi) is 12.7. The van der Waals surface area contributed by atoms with Crippen LogP contribution in [0.5, 0.6) is 0 Å². The van der Waals surface area contributed by atoms with Gasteiger partial charge in [0, 0.05) is 12.5 Å². The largest absolute Gasteiger partial charge is 0.396 e. The van der Waals surface area contributed by atoms with E-state index in [1.165, 1.54) is 34.2 Å². The quantitative estimate of drug-likeness (QED) is 0.412. The van der Waals surface area contributed by atoms with E-state index in [1.54, 1.807) is 0 Å². The number of aryl methyl sites for hydroxylation is 2. The molecule has 0 amide bonds. The van der Waals surface area contributed by atoms with Crippen molar-refractivity contribution >= 4 is 0 Å². The van der Waals surface area contributed by atoms with E-state index in [1.807, 2.05) is 13.8 Å². The number of aliphatic hydroxyl groups is 1. The summed E-state index contributed by atoms with van der Waals surface area (Å²) in [5, 5.41) is 9.06. The van der Waals surface area contributed by atoms with Gasteiger partial charge in [0.05, 0.1) is 0 Å².